The number of piperidine rings is 1. The van der Waals surface area contributed by atoms with Crippen LogP contribution in [0.25, 0.3) is 0 Å². The third-order valence-electron chi connectivity index (χ3n) is 7.43. The fourth-order valence-electron chi connectivity index (χ4n) is 5.43. The van der Waals surface area contributed by atoms with Crippen LogP contribution in [0.15, 0.2) is 71.6 Å². The number of anilines is 2. The fraction of sp³-hybridized carbons (Fsp3) is 0.300. The molecule has 0 radical (unpaired) electrons. The van der Waals surface area contributed by atoms with Gasteiger partial charge in [0, 0.05) is 18.0 Å². The molecule has 3 aromatic carbocycles. The first-order chi connectivity index (χ1) is 19.0. The molecule has 0 bridgehead atoms. The van der Waals surface area contributed by atoms with E-state index in [0.717, 1.165) is 17.7 Å². The van der Waals surface area contributed by atoms with E-state index in [1.807, 2.05) is 54.8 Å². The Labute approximate surface area is 231 Å². The Morgan fingerprint density at radius 2 is 1.79 bits per heavy atom. The molecule has 3 aromatic rings. The second kappa shape index (κ2) is 10.6. The Hall–Kier alpha value is -3.98. The van der Waals surface area contributed by atoms with Gasteiger partial charge in [-0.3, -0.25) is 14.4 Å². The predicted molar refractivity (Wildman–Crippen MR) is 150 cm³/mol. The molecule has 6 rings (SSSR count). The highest BCUT2D eigenvalue weighted by atomic mass is 32.2. The van der Waals surface area contributed by atoms with Gasteiger partial charge >= 0.3 is 0 Å². The summed E-state index contributed by atoms with van der Waals surface area (Å²) in [7, 11) is 0. The monoisotopic (exact) mass is 543 g/mol. The molecule has 1 N–H and O–H groups in total. The number of amides is 3. The lowest BCUT2D eigenvalue weighted by Gasteiger charge is -2.35. The zero-order valence-electron chi connectivity index (χ0n) is 21.6. The van der Waals surface area contributed by atoms with Crippen molar-refractivity contribution in [3.8, 4) is 11.5 Å². The summed E-state index contributed by atoms with van der Waals surface area (Å²) in [6, 6.07) is 20.3. The molecule has 39 heavy (non-hydrogen) atoms. The number of fused-ring (bicyclic) bond motifs is 2. The average Bonchev–Trinajstić information content (AvgIpc) is 3.25. The molecule has 3 aliphatic rings. The molecular formula is C30H29N3O5S. The Kier molecular flexibility index (Phi) is 6.91. The zero-order chi connectivity index (χ0) is 26.9. The molecule has 3 amide bonds. The third-order valence-corrected chi connectivity index (χ3v) is 8.17. The van der Waals surface area contributed by atoms with Crippen molar-refractivity contribution in [3.05, 3.63) is 77.9 Å². The van der Waals surface area contributed by atoms with Gasteiger partial charge in [-0.2, -0.15) is 0 Å². The predicted octanol–water partition coefficient (Wildman–Crippen LogP) is 4.38. The van der Waals surface area contributed by atoms with Crippen LogP contribution in [0, 0.1) is 5.92 Å². The van der Waals surface area contributed by atoms with E-state index in [1.54, 1.807) is 30.0 Å². The first kappa shape index (κ1) is 25.3. The van der Waals surface area contributed by atoms with Gasteiger partial charge in [0.25, 0.3) is 11.8 Å². The normalized spacial score (nSPS) is 20.1. The van der Waals surface area contributed by atoms with Gasteiger partial charge in [0.15, 0.2) is 11.5 Å². The van der Waals surface area contributed by atoms with Crippen LogP contribution in [0.4, 0.5) is 11.4 Å². The van der Waals surface area contributed by atoms with E-state index in [-0.39, 0.29) is 29.7 Å². The average molecular weight is 544 g/mol. The molecule has 0 saturated carbocycles. The minimum atomic E-state index is -0.330. The number of para-hydroxylation sites is 2. The van der Waals surface area contributed by atoms with Gasteiger partial charge in [-0.25, -0.2) is 4.90 Å². The van der Waals surface area contributed by atoms with Crippen LogP contribution in [0.5, 0.6) is 11.5 Å². The van der Waals surface area contributed by atoms with E-state index >= 15 is 0 Å². The molecule has 0 aliphatic carbocycles. The zero-order valence-corrected chi connectivity index (χ0v) is 22.4. The third kappa shape index (κ3) is 4.83. The first-order valence-electron chi connectivity index (χ1n) is 13.1. The molecule has 0 spiro atoms. The number of hydrogen-bond acceptors (Lipinski definition) is 7. The summed E-state index contributed by atoms with van der Waals surface area (Å²) in [5.41, 5.74) is 2.06. The minimum absolute atomic E-state index is 0.0485. The Balaban J connectivity index is 1.14. The van der Waals surface area contributed by atoms with Crippen molar-refractivity contribution >= 4 is 40.9 Å². The second-order valence-electron chi connectivity index (χ2n) is 9.87. The summed E-state index contributed by atoms with van der Waals surface area (Å²) in [4.78, 5) is 44.4. The van der Waals surface area contributed by atoms with Gasteiger partial charge < -0.3 is 19.7 Å². The Bertz CT molecular complexity index is 1430. The van der Waals surface area contributed by atoms with Crippen LogP contribution in [0.2, 0.25) is 0 Å². The lowest BCUT2D eigenvalue weighted by molar-refractivity contribution is -0.125. The number of nitrogens with zero attached hydrogens (tertiary/aromatic N) is 2. The van der Waals surface area contributed by atoms with E-state index in [4.69, 9.17) is 9.47 Å². The van der Waals surface area contributed by atoms with Gasteiger partial charge in [-0.15, -0.1) is 11.8 Å². The second-order valence-corrected chi connectivity index (χ2v) is 10.8. The highest BCUT2D eigenvalue weighted by Gasteiger charge is 2.40. The molecule has 0 unspecified atom stereocenters. The summed E-state index contributed by atoms with van der Waals surface area (Å²) in [5.74, 6) is 0.446. The lowest BCUT2D eigenvalue weighted by atomic mass is 9.95. The lowest BCUT2D eigenvalue weighted by Crippen LogP contribution is -2.47. The number of carbonyl (C=O) groups is 3. The molecule has 9 heteroatoms. The Morgan fingerprint density at radius 3 is 2.59 bits per heavy atom. The molecule has 1 fully saturated rings. The first-order valence-corrected chi connectivity index (χ1v) is 14.3. The van der Waals surface area contributed by atoms with Gasteiger partial charge in [-0.05, 0) is 67.6 Å². The number of nitrogens with one attached hydrogen (secondary N) is 1. The van der Waals surface area contributed by atoms with E-state index in [2.05, 4.69) is 10.2 Å². The Morgan fingerprint density at radius 1 is 1.00 bits per heavy atom. The van der Waals surface area contributed by atoms with Crippen LogP contribution in [-0.4, -0.2) is 56.3 Å². The summed E-state index contributed by atoms with van der Waals surface area (Å²) in [5, 5.41) is 3.03. The molecule has 1 saturated heterocycles. The summed E-state index contributed by atoms with van der Waals surface area (Å²) < 4.78 is 11.7. The quantitative estimate of drug-likeness (QED) is 0.365. The summed E-state index contributed by atoms with van der Waals surface area (Å²) in [6.07, 6.45) is 3.27. The highest BCUT2D eigenvalue weighted by molar-refractivity contribution is 7.98. The van der Waals surface area contributed by atoms with Crippen molar-refractivity contribution in [2.45, 2.75) is 23.8 Å². The van der Waals surface area contributed by atoms with E-state index in [9.17, 15) is 14.4 Å². The van der Waals surface area contributed by atoms with Crippen LogP contribution < -0.4 is 24.6 Å². The van der Waals surface area contributed by atoms with E-state index < -0.39 is 0 Å². The van der Waals surface area contributed by atoms with Crippen molar-refractivity contribution in [2.24, 2.45) is 5.92 Å². The number of hydrogen-bond donors (Lipinski definition) is 1. The van der Waals surface area contributed by atoms with Crippen molar-refractivity contribution in [1.82, 2.24) is 5.32 Å². The molecule has 200 valence electrons. The van der Waals surface area contributed by atoms with Crippen LogP contribution in [0.3, 0.4) is 0 Å². The van der Waals surface area contributed by atoms with Crippen LogP contribution >= 0.6 is 11.8 Å². The van der Waals surface area contributed by atoms with E-state index in [0.29, 0.717) is 60.2 Å². The molecule has 8 nitrogen and oxygen atoms in total. The standard InChI is InChI=1S/C30H29N3O5S/c1-39-22-13-11-20(12-14-22)33-29(35)23-7-4-8-24(27(23)30(33)36)32-15-5-6-19(17-32)28(34)31-16-21-18-37-25-9-2-3-10-26(25)38-21/h2-4,7-14,19,21H,5-6,15-18H2,1H3,(H,31,34)/t19-,21-/m0/s1. The largest absolute Gasteiger partial charge is 0.486 e. The van der Waals surface area contributed by atoms with Gasteiger partial charge in [0.05, 0.1) is 35.0 Å². The van der Waals surface area contributed by atoms with Crippen molar-refractivity contribution in [3.63, 3.8) is 0 Å². The summed E-state index contributed by atoms with van der Waals surface area (Å²) >= 11 is 1.60. The number of rotatable bonds is 6. The number of carbonyl (C=O) groups excluding carboxylic acids is 3. The van der Waals surface area contributed by atoms with Crippen LogP contribution in [0.1, 0.15) is 33.6 Å². The van der Waals surface area contributed by atoms with E-state index in [1.165, 1.54) is 4.90 Å². The maximum absolute atomic E-state index is 13.6. The SMILES string of the molecule is CSc1ccc(N2C(=O)c3cccc(N4CCC[C@H](C(=O)NC[C@H]5COc6ccccc6O5)C4)c3C2=O)cc1. The van der Waals surface area contributed by atoms with Crippen LogP contribution in [-0.2, 0) is 4.79 Å². The summed E-state index contributed by atoms with van der Waals surface area (Å²) in [6.45, 7) is 1.90. The highest BCUT2D eigenvalue weighted by Crippen LogP contribution is 2.37. The number of benzene rings is 3. The molecule has 0 aromatic heterocycles. The number of ether oxygens (including phenoxy) is 2. The number of thioether (sulfide) groups is 1. The maximum atomic E-state index is 13.6. The van der Waals surface area contributed by atoms with Crippen molar-refractivity contribution in [2.75, 3.05) is 42.3 Å². The molecule has 3 heterocycles. The molecular weight excluding hydrogens is 514 g/mol. The smallest absolute Gasteiger partial charge is 0.268 e. The molecule has 2 atom stereocenters. The van der Waals surface area contributed by atoms with Gasteiger partial charge in [-0.1, -0.05) is 18.2 Å². The minimum Gasteiger partial charge on any atom is -0.486 e. The maximum Gasteiger partial charge on any atom is 0.268 e. The number of imide groups is 1. The molecule has 3 aliphatic heterocycles. The van der Waals surface area contributed by atoms with Gasteiger partial charge in [0.1, 0.15) is 12.7 Å². The van der Waals surface area contributed by atoms with Crippen molar-refractivity contribution < 1.29 is 23.9 Å². The van der Waals surface area contributed by atoms with Crippen molar-refractivity contribution in [1.29, 1.82) is 0 Å². The topological polar surface area (TPSA) is 88.2 Å². The van der Waals surface area contributed by atoms with Gasteiger partial charge in [0.2, 0.25) is 5.91 Å². The fourth-order valence-corrected chi connectivity index (χ4v) is 5.84.